The zero-order valence-corrected chi connectivity index (χ0v) is 20.9. The highest BCUT2D eigenvalue weighted by molar-refractivity contribution is 8.00. The number of esters is 1. The van der Waals surface area contributed by atoms with Crippen molar-refractivity contribution in [1.82, 2.24) is 9.47 Å². The summed E-state index contributed by atoms with van der Waals surface area (Å²) >= 11 is 2.66. The minimum Gasteiger partial charge on any atom is -0.462 e. The highest BCUT2D eigenvalue weighted by atomic mass is 32.2. The minimum atomic E-state index is -0.377. The summed E-state index contributed by atoms with van der Waals surface area (Å²) in [6.45, 7) is 9.29. The lowest BCUT2D eigenvalue weighted by Crippen LogP contribution is -2.44. The van der Waals surface area contributed by atoms with Gasteiger partial charge in [-0.05, 0) is 50.8 Å². The third kappa shape index (κ3) is 6.35. The number of hydrogen-bond donors (Lipinski definition) is 0. The summed E-state index contributed by atoms with van der Waals surface area (Å²) in [7, 11) is 0. The minimum absolute atomic E-state index is 0.106. The van der Waals surface area contributed by atoms with Gasteiger partial charge in [-0.15, -0.1) is 18.3 Å². The van der Waals surface area contributed by atoms with Crippen LogP contribution in [-0.2, 0) is 20.9 Å². The van der Waals surface area contributed by atoms with Gasteiger partial charge in [0.15, 0.2) is 4.80 Å². The molecule has 2 heterocycles. The quantitative estimate of drug-likeness (QED) is 0.393. The molecule has 1 unspecified atom stereocenters. The SMILES string of the molecule is C=CCn1c(=NC(=O)CSCC(=O)N2CCCCC2CC)sc2cc(C(=O)OCC)ccc21. The molecule has 3 rings (SSSR count). The van der Waals surface area contributed by atoms with Crippen molar-refractivity contribution in [3.8, 4) is 0 Å². The molecule has 33 heavy (non-hydrogen) atoms. The van der Waals surface area contributed by atoms with E-state index < -0.39 is 0 Å². The molecule has 178 valence electrons. The molecule has 1 aromatic carbocycles. The van der Waals surface area contributed by atoms with Gasteiger partial charge in [0.2, 0.25) is 5.91 Å². The smallest absolute Gasteiger partial charge is 0.338 e. The van der Waals surface area contributed by atoms with Crippen molar-refractivity contribution in [3.63, 3.8) is 0 Å². The van der Waals surface area contributed by atoms with E-state index in [1.165, 1.54) is 29.5 Å². The number of likely N-dealkylation sites (tertiary alicyclic amines) is 1. The number of aromatic nitrogens is 1. The van der Waals surface area contributed by atoms with Gasteiger partial charge < -0.3 is 14.2 Å². The van der Waals surface area contributed by atoms with Crippen LogP contribution in [0.1, 0.15) is 49.9 Å². The first kappa shape index (κ1) is 25.2. The van der Waals surface area contributed by atoms with E-state index in [0.29, 0.717) is 35.3 Å². The van der Waals surface area contributed by atoms with Crippen molar-refractivity contribution in [3.05, 3.63) is 41.2 Å². The number of amides is 2. The third-order valence-electron chi connectivity index (χ3n) is 5.60. The molecule has 7 nitrogen and oxygen atoms in total. The van der Waals surface area contributed by atoms with E-state index in [9.17, 15) is 14.4 Å². The Balaban J connectivity index is 1.71. The Hall–Kier alpha value is -2.39. The summed E-state index contributed by atoms with van der Waals surface area (Å²) in [6.07, 6.45) is 6.00. The lowest BCUT2D eigenvalue weighted by atomic mass is 10.0. The average Bonchev–Trinajstić information content (AvgIpc) is 3.15. The van der Waals surface area contributed by atoms with Gasteiger partial charge in [-0.1, -0.05) is 24.3 Å². The molecular formula is C24H31N3O4S2. The molecule has 0 saturated carbocycles. The number of nitrogens with zero attached hydrogens (tertiary/aromatic N) is 3. The largest absolute Gasteiger partial charge is 0.462 e. The second-order valence-electron chi connectivity index (χ2n) is 7.83. The van der Waals surface area contributed by atoms with Crippen LogP contribution < -0.4 is 4.80 Å². The van der Waals surface area contributed by atoms with E-state index in [0.717, 1.165) is 36.0 Å². The van der Waals surface area contributed by atoms with Crippen LogP contribution in [0, 0.1) is 0 Å². The summed E-state index contributed by atoms with van der Waals surface area (Å²) in [5.74, 6) is -0.118. The molecule has 9 heteroatoms. The number of fused-ring (bicyclic) bond motifs is 1. The van der Waals surface area contributed by atoms with Crippen LogP contribution in [0.4, 0.5) is 0 Å². The second kappa shape index (κ2) is 12.2. The molecule has 1 aromatic heterocycles. The van der Waals surface area contributed by atoms with Gasteiger partial charge >= 0.3 is 5.97 Å². The van der Waals surface area contributed by atoms with E-state index in [2.05, 4.69) is 18.5 Å². The van der Waals surface area contributed by atoms with Crippen molar-refractivity contribution in [2.75, 3.05) is 24.7 Å². The Morgan fingerprint density at radius 3 is 2.82 bits per heavy atom. The van der Waals surface area contributed by atoms with Gasteiger partial charge in [-0.3, -0.25) is 9.59 Å². The number of thioether (sulfide) groups is 1. The molecule has 1 atom stereocenters. The lowest BCUT2D eigenvalue weighted by Gasteiger charge is -2.35. The van der Waals surface area contributed by atoms with Crippen LogP contribution >= 0.6 is 23.1 Å². The first-order valence-corrected chi connectivity index (χ1v) is 13.3. The normalized spacial score (nSPS) is 16.7. The highest BCUT2D eigenvalue weighted by Gasteiger charge is 2.25. The summed E-state index contributed by atoms with van der Waals surface area (Å²) in [5.41, 5.74) is 1.34. The Kier molecular flexibility index (Phi) is 9.31. The molecule has 0 aliphatic carbocycles. The summed E-state index contributed by atoms with van der Waals surface area (Å²) < 4.78 is 7.82. The van der Waals surface area contributed by atoms with Crippen LogP contribution in [0.25, 0.3) is 10.2 Å². The topological polar surface area (TPSA) is 81.0 Å². The molecule has 1 aliphatic heterocycles. The fourth-order valence-corrected chi connectivity index (χ4v) is 5.78. The average molecular weight is 490 g/mol. The Bertz CT molecular complexity index is 1090. The molecule has 0 spiro atoms. The van der Waals surface area contributed by atoms with Crippen LogP contribution in [0.3, 0.4) is 0 Å². The van der Waals surface area contributed by atoms with Gasteiger partial charge in [-0.25, -0.2) is 4.79 Å². The number of benzene rings is 1. The molecule has 0 radical (unpaired) electrons. The predicted octanol–water partition coefficient (Wildman–Crippen LogP) is 4.02. The summed E-state index contributed by atoms with van der Waals surface area (Å²) in [6, 6.07) is 5.63. The molecule has 1 fully saturated rings. The van der Waals surface area contributed by atoms with Crippen LogP contribution in [0.2, 0.25) is 0 Å². The number of hydrogen-bond acceptors (Lipinski definition) is 6. The highest BCUT2D eigenvalue weighted by Crippen LogP contribution is 2.21. The van der Waals surface area contributed by atoms with Gasteiger partial charge in [0.25, 0.3) is 5.91 Å². The molecule has 2 amide bonds. The van der Waals surface area contributed by atoms with Crippen molar-refractivity contribution >= 4 is 51.1 Å². The maximum absolute atomic E-state index is 12.6. The Morgan fingerprint density at radius 2 is 2.09 bits per heavy atom. The maximum atomic E-state index is 12.6. The van der Waals surface area contributed by atoms with E-state index in [4.69, 9.17) is 4.74 Å². The lowest BCUT2D eigenvalue weighted by molar-refractivity contribution is -0.132. The zero-order valence-electron chi connectivity index (χ0n) is 19.2. The first-order valence-electron chi connectivity index (χ1n) is 11.3. The van der Waals surface area contributed by atoms with Gasteiger partial charge in [-0.2, -0.15) is 4.99 Å². The van der Waals surface area contributed by atoms with Gasteiger partial charge in [0.1, 0.15) is 0 Å². The molecule has 1 aliphatic rings. The molecule has 1 saturated heterocycles. The summed E-state index contributed by atoms with van der Waals surface area (Å²) in [5, 5.41) is 0. The fraction of sp³-hybridized carbons (Fsp3) is 0.500. The third-order valence-corrected chi connectivity index (χ3v) is 7.54. The Morgan fingerprint density at radius 1 is 1.27 bits per heavy atom. The number of carbonyl (C=O) groups is 3. The number of ether oxygens (including phenoxy) is 1. The van der Waals surface area contributed by atoms with E-state index in [1.54, 1.807) is 25.1 Å². The van der Waals surface area contributed by atoms with Crippen LogP contribution in [0.15, 0.2) is 35.8 Å². The molecular weight excluding hydrogens is 458 g/mol. The van der Waals surface area contributed by atoms with E-state index in [-0.39, 0.29) is 23.5 Å². The number of allylic oxidation sites excluding steroid dienone is 1. The van der Waals surface area contributed by atoms with Crippen molar-refractivity contribution in [2.45, 2.75) is 52.1 Å². The van der Waals surface area contributed by atoms with E-state index in [1.807, 2.05) is 15.5 Å². The number of carbonyl (C=O) groups excluding carboxylic acids is 3. The fourth-order valence-electron chi connectivity index (χ4n) is 4.01. The molecule has 0 bridgehead atoms. The standard InChI is InChI=1S/C24H31N3O4S2/c1-4-12-27-19-11-10-17(23(30)31-6-3)14-20(19)33-24(27)25-21(28)15-32-16-22(29)26-13-8-7-9-18(26)5-2/h4,10-11,14,18H,1,5-9,12-13,15-16H2,2-3H3. The molecule has 2 aromatic rings. The predicted molar refractivity (Wildman–Crippen MR) is 134 cm³/mol. The molecule has 0 N–H and O–H groups in total. The van der Waals surface area contributed by atoms with Crippen LogP contribution in [-0.4, -0.2) is 57.9 Å². The number of thiazole rings is 1. The second-order valence-corrected chi connectivity index (χ2v) is 9.82. The Labute approximate surface area is 202 Å². The van der Waals surface area contributed by atoms with Gasteiger partial charge in [0.05, 0.1) is 33.9 Å². The van der Waals surface area contributed by atoms with Gasteiger partial charge in [0, 0.05) is 19.1 Å². The van der Waals surface area contributed by atoms with E-state index >= 15 is 0 Å². The maximum Gasteiger partial charge on any atom is 0.338 e. The van der Waals surface area contributed by atoms with Crippen molar-refractivity contribution < 1.29 is 19.1 Å². The monoisotopic (exact) mass is 489 g/mol. The van der Waals surface area contributed by atoms with Crippen molar-refractivity contribution in [2.24, 2.45) is 4.99 Å². The zero-order chi connectivity index (χ0) is 23.8. The first-order chi connectivity index (χ1) is 16.0. The van der Waals surface area contributed by atoms with Crippen LogP contribution in [0.5, 0.6) is 0 Å². The number of rotatable bonds is 9. The summed E-state index contributed by atoms with van der Waals surface area (Å²) in [4.78, 5) is 44.1. The number of piperidine rings is 1. The van der Waals surface area contributed by atoms with Crippen molar-refractivity contribution in [1.29, 1.82) is 0 Å².